The molecule has 0 saturated carbocycles. The van der Waals surface area contributed by atoms with Crippen molar-refractivity contribution in [2.45, 2.75) is 4.90 Å². The first kappa shape index (κ1) is 30.6. The minimum Gasteiger partial charge on any atom is -0.493 e. The summed E-state index contributed by atoms with van der Waals surface area (Å²) in [5, 5.41) is 1.63. The SMILES string of the molecule is COc1ccccc1Oc1c(NS(=O)(=O)c2ccc3ccccc3c2)nc(-c2ncccn2)nc1OCCOc1ncc(Br)cn1. The lowest BCUT2D eigenvalue weighted by atomic mass is 10.1. The fourth-order valence-electron chi connectivity index (χ4n) is 4.18. The molecule has 0 atom stereocenters. The summed E-state index contributed by atoms with van der Waals surface area (Å²) >= 11 is 3.28. The molecule has 0 amide bonds. The van der Waals surface area contributed by atoms with Gasteiger partial charge in [0.2, 0.25) is 11.6 Å². The molecule has 0 spiro atoms. The molecule has 232 valence electrons. The number of rotatable bonds is 12. The summed E-state index contributed by atoms with van der Waals surface area (Å²) in [4.78, 5) is 25.6. The predicted molar refractivity (Wildman–Crippen MR) is 172 cm³/mol. The van der Waals surface area contributed by atoms with Gasteiger partial charge in [0.25, 0.3) is 15.9 Å². The average molecular weight is 703 g/mol. The summed E-state index contributed by atoms with van der Waals surface area (Å²) in [6.45, 7) is -0.0280. The first-order chi connectivity index (χ1) is 22.4. The monoisotopic (exact) mass is 701 g/mol. The maximum absolute atomic E-state index is 13.8. The van der Waals surface area contributed by atoms with Crippen molar-refractivity contribution in [3.05, 3.63) is 102 Å². The lowest BCUT2D eigenvalue weighted by molar-refractivity contribution is 0.197. The van der Waals surface area contributed by atoms with Crippen LogP contribution < -0.4 is 23.7 Å². The summed E-state index contributed by atoms with van der Waals surface area (Å²) in [6.07, 6.45) is 6.12. The van der Waals surface area contributed by atoms with Crippen molar-refractivity contribution >= 4 is 42.5 Å². The Bertz CT molecular complexity index is 2090. The third-order valence-corrected chi connectivity index (χ3v) is 8.04. The Morgan fingerprint density at radius 1 is 0.761 bits per heavy atom. The van der Waals surface area contributed by atoms with Gasteiger partial charge >= 0.3 is 6.01 Å². The number of methoxy groups -OCH3 is 1. The quantitative estimate of drug-likeness (QED) is 0.155. The molecule has 0 radical (unpaired) electrons. The molecule has 0 unspecified atom stereocenters. The van der Waals surface area contributed by atoms with Crippen LogP contribution in [0.2, 0.25) is 0 Å². The lowest BCUT2D eigenvalue weighted by Gasteiger charge is -2.18. The van der Waals surface area contributed by atoms with Crippen LogP contribution in [0.25, 0.3) is 22.4 Å². The van der Waals surface area contributed by atoms with Gasteiger partial charge < -0.3 is 18.9 Å². The number of ether oxygens (including phenoxy) is 4. The highest BCUT2D eigenvalue weighted by molar-refractivity contribution is 9.10. The number of nitrogens with one attached hydrogen (secondary N) is 1. The van der Waals surface area contributed by atoms with Gasteiger partial charge in [0.15, 0.2) is 23.1 Å². The largest absolute Gasteiger partial charge is 0.493 e. The molecule has 3 heterocycles. The third kappa shape index (κ3) is 7.11. The molecule has 3 aromatic carbocycles. The predicted octanol–water partition coefficient (Wildman–Crippen LogP) is 5.70. The van der Waals surface area contributed by atoms with Crippen LogP contribution in [0, 0.1) is 0 Å². The molecule has 15 heteroatoms. The van der Waals surface area contributed by atoms with E-state index in [1.807, 2.05) is 24.3 Å². The number of aromatic nitrogens is 6. The van der Waals surface area contributed by atoms with Crippen molar-refractivity contribution in [3.63, 3.8) is 0 Å². The Morgan fingerprint density at radius 2 is 1.46 bits per heavy atom. The van der Waals surface area contributed by atoms with Crippen molar-refractivity contribution < 1.29 is 27.4 Å². The Labute approximate surface area is 271 Å². The molecule has 0 bridgehead atoms. The first-order valence-corrected chi connectivity index (χ1v) is 15.9. The minimum atomic E-state index is -4.21. The summed E-state index contributed by atoms with van der Waals surface area (Å²) in [5.41, 5.74) is 0. The number of benzene rings is 3. The average Bonchev–Trinajstić information content (AvgIpc) is 3.08. The number of hydrogen-bond donors (Lipinski definition) is 1. The highest BCUT2D eigenvalue weighted by Gasteiger charge is 2.26. The molecule has 13 nitrogen and oxygen atoms in total. The molecule has 6 rings (SSSR count). The Balaban J connectivity index is 1.41. The van der Waals surface area contributed by atoms with Crippen molar-refractivity contribution in [1.82, 2.24) is 29.9 Å². The van der Waals surface area contributed by atoms with Gasteiger partial charge in [0.1, 0.15) is 13.2 Å². The van der Waals surface area contributed by atoms with Gasteiger partial charge in [-0.25, -0.2) is 33.3 Å². The highest BCUT2D eigenvalue weighted by Crippen LogP contribution is 2.41. The summed E-state index contributed by atoms with van der Waals surface area (Å²) in [5.74, 6) is 0.283. The van der Waals surface area contributed by atoms with Crippen molar-refractivity contribution in [2.24, 2.45) is 0 Å². The van der Waals surface area contributed by atoms with E-state index >= 15 is 0 Å². The number of sulfonamides is 1. The van der Waals surface area contributed by atoms with Crippen LogP contribution in [0.3, 0.4) is 0 Å². The van der Waals surface area contributed by atoms with Gasteiger partial charge in [0, 0.05) is 24.8 Å². The molecule has 0 aliphatic carbocycles. The third-order valence-electron chi connectivity index (χ3n) is 6.29. The second-order valence-electron chi connectivity index (χ2n) is 9.35. The Kier molecular flexibility index (Phi) is 9.12. The zero-order chi connectivity index (χ0) is 31.9. The van der Waals surface area contributed by atoms with Gasteiger partial charge in [-0.05, 0) is 57.0 Å². The molecule has 0 aliphatic rings. The van der Waals surface area contributed by atoms with E-state index in [1.54, 1.807) is 54.9 Å². The highest BCUT2D eigenvalue weighted by atomic mass is 79.9. The molecule has 46 heavy (non-hydrogen) atoms. The molecule has 0 aliphatic heterocycles. The molecular formula is C31H24BrN7O6S. The van der Waals surface area contributed by atoms with E-state index in [1.165, 1.54) is 25.6 Å². The minimum absolute atomic E-state index is 0.0101. The maximum atomic E-state index is 13.8. The molecular weight excluding hydrogens is 678 g/mol. The molecule has 6 aromatic rings. The van der Waals surface area contributed by atoms with E-state index in [0.29, 0.717) is 10.2 Å². The van der Waals surface area contributed by atoms with Crippen molar-refractivity contribution in [1.29, 1.82) is 0 Å². The number of anilines is 1. The lowest BCUT2D eigenvalue weighted by Crippen LogP contribution is -2.17. The van der Waals surface area contributed by atoms with Crippen molar-refractivity contribution in [3.8, 4) is 40.8 Å². The number of hydrogen-bond acceptors (Lipinski definition) is 12. The molecule has 0 fully saturated rings. The summed E-state index contributed by atoms with van der Waals surface area (Å²) in [7, 11) is -2.73. The number of nitrogens with zero attached hydrogens (tertiary/aromatic N) is 6. The summed E-state index contributed by atoms with van der Waals surface area (Å²) < 4.78 is 54.2. The smallest absolute Gasteiger partial charge is 0.316 e. The van der Waals surface area contributed by atoms with E-state index in [2.05, 4.69) is 50.6 Å². The zero-order valence-electron chi connectivity index (χ0n) is 24.1. The number of halogens is 1. The summed E-state index contributed by atoms with van der Waals surface area (Å²) in [6, 6.07) is 20.8. The van der Waals surface area contributed by atoms with Crippen LogP contribution in [0.5, 0.6) is 29.1 Å². The van der Waals surface area contributed by atoms with E-state index in [-0.39, 0.29) is 59.0 Å². The van der Waals surface area contributed by atoms with E-state index in [4.69, 9.17) is 18.9 Å². The molecule has 1 N–H and O–H groups in total. The first-order valence-electron chi connectivity index (χ1n) is 13.6. The van der Waals surface area contributed by atoms with Gasteiger partial charge in [-0.15, -0.1) is 0 Å². The zero-order valence-corrected chi connectivity index (χ0v) is 26.5. The second-order valence-corrected chi connectivity index (χ2v) is 11.9. The van der Waals surface area contributed by atoms with Crippen molar-refractivity contribution in [2.75, 3.05) is 25.0 Å². The van der Waals surface area contributed by atoms with Gasteiger partial charge in [-0.1, -0.05) is 42.5 Å². The number of fused-ring (bicyclic) bond motifs is 1. The Morgan fingerprint density at radius 3 is 2.22 bits per heavy atom. The normalized spacial score (nSPS) is 11.2. The Hall–Kier alpha value is -5.41. The van der Waals surface area contributed by atoms with Crippen LogP contribution in [0.1, 0.15) is 0 Å². The van der Waals surface area contributed by atoms with E-state index in [0.717, 1.165) is 10.8 Å². The second kappa shape index (κ2) is 13.7. The number of para-hydroxylation sites is 2. The van der Waals surface area contributed by atoms with Crippen LogP contribution in [-0.4, -0.2) is 58.6 Å². The van der Waals surface area contributed by atoms with E-state index in [9.17, 15) is 8.42 Å². The standard InChI is InChI=1S/C31H24BrN7O6S/c1-42-24-9-4-5-10-25(24)45-26-27(39-46(40,41)23-12-11-20-7-2-3-8-21(20)17-23)37-29(28-33-13-6-14-34-28)38-30(26)43-15-16-44-31-35-18-22(32)19-36-31/h2-14,17-19H,15-16H2,1H3,(H,37,38,39). The maximum Gasteiger partial charge on any atom is 0.316 e. The van der Waals surface area contributed by atoms with Gasteiger partial charge in [0.05, 0.1) is 16.5 Å². The molecule has 0 saturated heterocycles. The fraction of sp³-hybridized carbons (Fsp3) is 0.0968. The van der Waals surface area contributed by atoms with Crippen LogP contribution in [0.15, 0.2) is 107 Å². The fourth-order valence-corrected chi connectivity index (χ4v) is 5.43. The van der Waals surface area contributed by atoms with E-state index < -0.39 is 10.0 Å². The van der Waals surface area contributed by atoms with Crippen LogP contribution >= 0.6 is 15.9 Å². The molecule has 3 aromatic heterocycles. The van der Waals surface area contributed by atoms with Gasteiger partial charge in [-0.3, -0.25) is 4.72 Å². The van der Waals surface area contributed by atoms with Crippen LogP contribution in [0.4, 0.5) is 5.82 Å². The topological polar surface area (TPSA) is 160 Å². The van der Waals surface area contributed by atoms with Gasteiger partial charge in [-0.2, -0.15) is 4.98 Å². The van der Waals surface area contributed by atoms with Crippen LogP contribution in [-0.2, 0) is 10.0 Å².